The van der Waals surface area contributed by atoms with Crippen molar-refractivity contribution < 1.29 is 19.1 Å². The summed E-state index contributed by atoms with van der Waals surface area (Å²) in [7, 11) is 1.24. The van der Waals surface area contributed by atoms with E-state index in [0.29, 0.717) is 33.7 Å². The molecule has 0 unspecified atom stereocenters. The van der Waals surface area contributed by atoms with Gasteiger partial charge in [0.1, 0.15) is 5.82 Å². The average Bonchev–Trinajstić information content (AvgIpc) is 3.27. The molecule has 1 aromatic carbocycles. The fourth-order valence-corrected chi connectivity index (χ4v) is 3.71. The topological polar surface area (TPSA) is 106 Å². The highest BCUT2D eigenvalue weighted by molar-refractivity contribution is 6.35. The zero-order valence-electron chi connectivity index (χ0n) is 17.1. The van der Waals surface area contributed by atoms with Crippen molar-refractivity contribution in [1.29, 1.82) is 0 Å². The number of Topliss-reactive ketones (excluding diaryl/α,β-unsaturated/α-hetero) is 1. The summed E-state index contributed by atoms with van der Waals surface area (Å²) in [5, 5.41) is 8.00. The smallest absolute Gasteiger partial charge is 0.339 e. The zero-order chi connectivity index (χ0) is 22.7. The Labute approximate surface area is 188 Å². The number of rotatable bonds is 7. The predicted molar refractivity (Wildman–Crippen MR) is 117 cm³/mol. The fourth-order valence-electron chi connectivity index (χ4n) is 3.25. The SMILES string of the molecule is COC(=O)c1c(CC(=O)Nc2ccnn2Cc2ccc(Cl)cc2Cl)[nH]c(C(C)=O)c1C. The van der Waals surface area contributed by atoms with Gasteiger partial charge in [0.2, 0.25) is 5.91 Å². The van der Waals surface area contributed by atoms with Crippen LogP contribution in [-0.4, -0.2) is 39.5 Å². The lowest BCUT2D eigenvalue weighted by atomic mass is 10.1. The Morgan fingerprint density at radius 2 is 1.97 bits per heavy atom. The van der Waals surface area contributed by atoms with E-state index in [1.165, 1.54) is 14.0 Å². The van der Waals surface area contributed by atoms with Gasteiger partial charge in [-0.05, 0) is 30.2 Å². The molecule has 0 saturated heterocycles. The number of halogens is 2. The Hall–Kier alpha value is -3.10. The van der Waals surface area contributed by atoms with Crippen LogP contribution < -0.4 is 5.32 Å². The second kappa shape index (κ2) is 9.36. The first-order valence-electron chi connectivity index (χ1n) is 9.27. The highest BCUT2D eigenvalue weighted by atomic mass is 35.5. The monoisotopic (exact) mass is 462 g/mol. The number of H-pyrrole nitrogens is 1. The van der Waals surface area contributed by atoms with Crippen LogP contribution in [0.2, 0.25) is 10.0 Å². The van der Waals surface area contributed by atoms with Crippen LogP contribution in [0.1, 0.15) is 44.6 Å². The molecule has 0 bridgehead atoms. The Bertz CT molecular complexity index is 1170. The molecule has 3 rings (SSSR count). The number of hydrogen-bond donors (Lipinski definition) is 2. The molecule has 10 heteroatoms. The van der Waals surface area contributed by atoms with Crippen molar-refractivity contribution in [2.75, 3.05) is 12.4 Å². The zero-order valence-corrected chi connectivity index (χ0v) is 18.6. The van der Waals surface area contributed by atoms with E-state index in [1.807, 2.05) is 0 Å². The number of methoxy groups -OCH3 is 1. The van der Waals surface area contributed by atoms with Gasteiger partial charge in [-0.2, -0.15) is 5.10 Å². The van der Waals surface area contributed by atoms with Crippen LogP contribution in [0.5, 0.6) is 0 Å². The van der Waals surface area contributed by atoms with Crippen LogP contribution in [0.3, 0.4) is 0 Å². The first-order valence-corrected chi connectivity index (χ1v) is 10.0. The largest absolute Gasteiger partial charge is 0.465 e. The number of ketones is 1. The first kappa shape index (κ1) is 22.6. The fraction of sp³-hybridized carbons (Fsp3) is 0.238. The van der Waals surface area contributed by atoms with Crippen molar-refractivity contribution in [1.82, 2.24) is 14.8 Å². The third kappa shape index (κ3) is 4.98. The number of benzene rings is 1. The van der Waals surface area contributed by atoms with Crippen LogP contribution in [0.4, 0.5) is 5.82 Å². The van der Waals surface area contributed by atoms with Crippen LogP contribution in [0, 0.1) is 6.92 Å². The molecular weight excluding hydrogens is 443 g/mol. The van der Waals surface area contributed by atoms with Crippen molar-refractivity contribution in [3.05, 3.63) is 68.6 Å². The summed E-state index contributed by atoms with van der Waals surface area (Å²) in [5.41, 5.74) is 1.99. The minimum absolute atomic E-state index is 0.161. The number of nitrogens with zero attached hydrogens (tertiary/aromatic N) is 2. The second-order valence-electron chi connectivity index (χ2n) is 6.86. The van der Waals surface area contributed by atoms with Gasteiger partial charge in [0, 0.05) is 28.7 Å². The molecule has 31 heavy (non-hydrogen) atoms. The lowest BCUT2D eigenvalue weighted by Gasteiger charge is -2.11. The van der Waals surface area contributed by atoms with Crippen molar-refractivity contribution in [3.8, 4) is 0 Å². The van der Waals surface area contributed by atoms with Crippen LogP contribution >= 0.6 is 23.2 Å². The van der Waals surface area contributed by atoms with Gasteiger partial charge in [-0.15, -0.1) is 0 Å². The number of amides is 1. The number of esters is 1. The number of ether oxygens (including phenoxy) is 1. The third-order valence-electron chi connectivity index (χ3n) is 4.73. The summed E-state index contributed by atoms with van der Waals surface area (Å²) in [6.45, 7) is 3.33. The number of carbonyl (C=O) groups excluding carboxylic acids is 3. The molecule has 2 heterocycles. The molecule has 0 saturated carbocycles. The van der Waals surface area contributed by atoms with Gasteiger partial charge >= 0.3 is 5.97 Å². The molecule has 0 radical (unpaired) electrons. The van der Waals surface area contributed by atoms with E-state index < -0.39 is 11.9 Å². The molecule has 3 aromatic rings. The number of anilines is 1. The Kier molecular flexibility index (Phi) is 6.82. The normalized spacial score (nSPS) is 10.7. The van der Waals surface area contributed by atoms with Crippen molar-refractivity contribution in [2.45, 2.75) is 26.8 Å². The molecule has 0 atom stereocenters. The van der Waals surface area contributed by atoms with E-state index in [4.69, 9.17) is 27.9 Å². The maximum Gasteiger partial charge on any atom is 0.339 e. The molecule has 0 aliphatic carbocycles. The Balaban J connectivity index is 1.80. The van der Waals surface area contributed by atoms with E-state index in [1.54, 1.807) is 42.1 Å². The average molecular weight is 463 g/mol. The van der Waals surface area contributed by atoms with Gasteiger partial charge in [-0.25, -0.2) is 9.48 Å². The van der Waals surface area contributed by atoms with Gasteiger partial charge in [-0.1, -0.05) is 29.3 Å². The summed E-state index contributed by atoms with van der Waals surface area (Å²) in [6, 6.07) is 6.78. The highest BCUT2D eigenvalue weighted by Crippen LogP contribution is 2.24. The van der Waals surface area contributed by atoms with Gasteiger partial charge in [0.15, 0.2) is 5.78 Å². The van der Waals surface area contributed by atoms with E-state index in [9.17, 15) is 14.4 Å². The van der Waals surface area contributed by atoms with Gasteiger partial charge in [-0.3, -0.25) is 9.59 Å². The van der Waals surface area contributed by atoms with Crippen LogP contribution in [-0.2, 0) is 22.5 Å². The molecule has 1 amide bonds. The Morgan fingerprint density at radius 1 is 1.23 bits per heavy atom. The predicted octanol–water partition coefficient (Wildman–Crippen LogP) is 4.05. The van der Waals surface area contributed by atoms with Crippen molar-refractivity contribution >= 4 is 46.7 Å². The summed E-state index contributed by atoms with van der Waals surface area (Å²) in [5.74, 6) is -0.810. The van der Waals surface area contributed by atoms with Crippen molar-refractivity contribution in [3.63, 3.8) is 0 Å². The van der Waals surface area contributed by atoms with E-state index >= 15 is 0 Å². The molecule has 2 N–H and O–H groups in total. The van der Waals surface area contributed by atoms with E-state index in [-0.39, 0.29) is 23.5 Å². The molecular formula is C21H20Cl2N4O4. The van der Waals surface area contributed by atoms with Crippen LogP contribution in [0.25, 0.3) is 0 Å². The minimum atomic E-state index is -0.619. The van der Waals surface area contributed by atoms with E-state index in [0.717, 1.165) is 5.56 Å². The maximum absolute atomic E-state index is 12.7. The standard InChI is InChI=1S/C21H20Cl2N4O4/c1-11-19(21(30)31-3)16(25-20(11)12(2)28)9-18(29)26-17-6-7-24-27(17)10-13-4-5-14(22)8-15(13)23/h4-8,25H,9-10H2,1-3H3,(H,26,29). The number of hydrogen-bond acceptors (Lipinski definition) is 5. The first-order chi connectivity index (χ1) is 14.7. The molecule has 0 aliphatic rings. The van der Waals surface area contributed by atoms with E-state index in [2.05, 4.69) is 15.4 Å². The number of carbonyl (C=O) groups is 3. The number of aromatic nitrogens is 3. The minimum Gasteiger partial charge on any atom is -0.465 e. The lowest BCUT2D eigenvalue weighted by molar-refractivity contribution is -0.115. The molecule has 0 aliphatic heterocycles. The molecule has 8 nitrogen and oxygen atoms in total. The van der Waals surface area contributed by atoms with Crippen LogP contribution in [0.15, 0.2) is 30.5 Å². The summed E-state index contributed by atoms with van der Waals surface area (Å²) in [4.78, 5) is 39.6. The molecule has 0 spiro atoms. The highest BCUT2D eigenvalue weighted by Gasteiger charge is 2.24. The quantitative estimate of drug-likeness (QED) is 0.406. The second-order valence-corrected chi connectivity index (χ2v) is 7.70. The van der Waals surface area contributed by atoms with Gasteiger partial charge in [0.05, 0.1) is 37.5 Å². The molecule has 0 fully saturated rings. The number of nitrogens with one attached hydrogen (secondary N) is 2. The third-order valence-corrected chi connectivity index (χ3v) is 5.31. The van der Waals surface area contributed by atoms with Gasteiger partial charge < -0.3 is 15.0 Å². The summed E-state index contributed by atoms with van der Waals surface area (Å²) in [6.07, 6.45) is 1.39. The lowest BCUT2D eigenvalue weighted by Crippen LogP contribution is -2.19. The van der Waals surface area contributed by atoms with Crippen molar-refractivity contribution in [2.24, 2.45) is 0 Å². The maximum atomic E-state index is 12.7. The summed E-state index contributed by atoms with van der Waals surface area (Å²) < 4.78 is 6.38. The Morgan fingerprint density at radius 3 is 2.61 bits per heavy atom. The summed E-state index contributed by atoms with van der Waals surface area (Å²) >= 11 is 12.2. The molecule has 162 valence electrons. The van der Waals surface area contributed by atoms with Gasteiger partial charge in [0.25, 0.3) is 0 Å². The molecule has 2 aromatic heterocycles. The number of aromatic amines is 1.